The summed E-state index contributed by atoms with van der Waals surface area (Å²) in [5.74, 6) is 1.60. The molecule has 5 nitrogen and oxygen atoms in total. The van der Waals surface area contributed by atoms with Gasteiger partial charge >= 0.3 is 0 Å². The second-order valence-corrected chi connectivity index (χ2v) is 10.3. The molecule has 0 unspecified atom stereocenters. The van der Waals surface area contributed by atoms with Gasteiger partial charge in [0.05, 0.1) is 12.7 Å². The van der Waals surface area contributed by atoms with Gasteiger partial charge in [-0.05, 0) is 72.6 Å². The van der Waals surface area contributed by atoms with E-state index in [1.807, 2.05) is 12.1 Å². The second kappa shape index (κ2) is 10.7. The summed E-state index contributed by atoms with van der Waals surface area (Å²) in [6.45, 7) is 2.64. The van der Waals surface area contributed by atoms with Crippen molar-refractivity contribution in [2.24, 2.45) is 11.8 Å². The van der Waals surface area contributed by atoms with Gasteiger partial charge in [-0.15, -0.1) is 0 Å². The molecule has 0 bridgehead atoms. The summed E-state index contributed by atoms with van der Waals surface area (Å²) in [5, 5.41) is 10.0. The molecule has 1 N–H and O–H groups in total. The van der Waals surface area contributed by atoms with Crippen molar-refractivity contribution >= 4 is 5.69 Å². The minimum absolute atomic E-state index is 0.105. The Kier molecular flexibility index (Phi) is 7.43. The Labute approximate surface area is 204 Å². The maximum Gasteiger partial charge on any atom is 0.159 e. The molecule has 184 valence electrons. The molecule has 2 fully saturated rings. The first-order chi connectivity index (χ1) is 16.7. The van der Waals surface area contributed by atoms with Gasteiger partial charge in [0.15, 0.2) is 6.29 Å². The highest BCUT2D eigenvalue weighted by Crippen LogP contribution is 2.44. The first kappa shape index (κ1) is 23.7. The number of methoxy groups -OCH3 is 2. The average molecular weight is 466 g/mol. The summed E-state index contributed by atoms with van der Waals surface area (Å²) >= 11 is 0. The molecule has 2 aliphatic heterocycles. The summed E-state index contributed by atoms with van der Waals surface area (Å²) in [6, 6.07) is 15.0. The normalized spacial score (nSPS) is 24.4. The zero-order chi connectivity index (χ0) is 23.5. The third-order valence-electron chi connectivity index (χ3n) is 8.34. The molecule has 3 aliphatic rings. The molecule has 0 amide bonds. The van der Waals surface area contributed by atoms with E-state index in [2.05, 4.69) is 35.2 Å². The summed E-state index contributed by atoms with van der Waals surface area (Å²) in [4.78, 5) is 2.48. The highest BCUT2D eigenvalue weighted by Gasteiger charge is 2.37. The lowest BCUT2D eigenvalue weighted by Crippen LogP contribution is -2.39. The van der Waals surface area contributed by atoms with Gasteiger partial charge < -0.3 is 24.2 Å². The van der Waals surface area contributed by atoms with Crippen LogP contribution in [0.3, 0.4) is 0 Å². The predicted octanol–water partition coefficient (Wildman–Crippen LogP) is 5.84. The van der Waals surface area contributed by atoms with E-state index in [1.54, 1.807) is 14.2 Å². The molecule has 2 aromatic carbocycles. The number of anilines is 1. The summed E-state index contributed by atoms with van der Waals surface area (Å²) in [6.07, 6.45) is 8.72. The van der Waals surface area contributed by atoms with Crippen LogP contribution >= 0.6 is 0 Å². The SMILES string of the molecule is COC(OC)C1CCN(c2ccc([C@@H]3c4ccc(O)cc4CO[C@@H]3C3CCCCC3)cc2)CC1. The predicted molar refractivity (Wildman–Crippen MR) is 134 cm³/mol. The molecule has 1 saturated heterocycles. The van der Waals surface area contributed by atoms with E-state index in [0.29, 0.717) is 24.2 Å². The molecule has 5 rings (SSSR count). The molecule has 1 saturated carbocycles. The van der Waals surface area contributed by atoms with Crippen molar-refractivity contribution in [1.82, 2.24) is 0 Å². The molecule has 5 heteroatoms. The van der Waals surface area contributed by atoms with Crippen LogP contribution in [0.2, 0.25) is 0 Å². The smallest absolute Gasteiger partial charge is 0.159 e. The van der Waals surface area contributed by atoms with Crippen LogP contribution in [0.1, 0.15) is 67.6 Å². The largest absolute Gasteiger partial charge is 0.508 e. The quantitative estimate of drug-likeness (QED) is 0.543. The number of hydrogen-bond acceptors (Lipinski definition) is 5. The van der Waals surface area contributed by atoms with Crippen molar-refractivity contribution < 1.29 is 19.3 Å². The van der Waals surface area contributed by atoms with Gasteiger partial charge in [0.2, 0.25) is 0 Å². The van der Waals surface area contributed by atoms with Crippen molar-refractivity contribution in [3.8, 4) is 5.75 Å². The van der Waals surface area contributed by atoms with Crippen LogP contribution in [-0.4, -0.2) is 44.8 Å². The first-order valence-electron chi connectivity index (χ1n) is 13.0. The molecule has 2 heterocycles. The Bertz CT molecular complexity index is 928. The minimum atomic E-state index is -0.105. The zero-order valence-corrected chi connectivity index (χ0v) is 20.6. The number of piperidine rings is 1. The van der Waals surface area contributed by atoms with E-state index < -0.39 is 0 Å². The van der Waals surface area contributed by atoms with Gasteiger partial charge in [-0.1, -0.05) is 37.5 Å². The molecule has 2 atom stereocenters. The maximum absolute atomic E-state index is 10.0. The monoisotopic (exact) mass is 465 g/mol. The fourth-order valence-corrected chi connectivity index (χ4v) is 6.52. The van der Waals surface area contributed by atoms with Crippen LogP contribution in [0.5, 0.6) is 5.75 Å². The highest BCUT2D eigenvalue weighted by atomic mass is 16.7. The highest BCUT2D eigenvalue weighted by molar-refractivity contribution is 5.51. The van der Waals surface area contributed by atoms with Crippen molar-refractivity contribution in [3.05, 3.63) is 59.2 Å². The average Bonchev–Trinajstić information content (AvgIpc) is 2.90. The fraction of sp³-hybridized carbons (Fsp3) is 0.586. The molecule has 1 aliphatic carbocycles. The van der Waals surface area contributed by atoms with Crippen LogP contribution in [-0.2, 0) is 20.8 Å². The number of phenolic OH excluding ortho intramolecular Hbond substituents is 1. The Morgan fingerprint density at radius 3 is 2.29 bits per heavy atom. The molecule has 2 aromatic rings. The van der Waals surface area contributed by atoms with E-state index in [0.717, 1.165) is 31.5 Å². The first-order valence-corrected chi connectivity index (χ1v) is 13.0. The molecule has 34 heavy (non-hydrogen) atoms. The van der Waals surface area contributed by atoms with Gasteiger partial charge in [0.25, 0.3) is 0 Å². The Balaban J connectivity index is 1.36. The van der Waals surface area contributed by atoms with Gasteiger partial charge in [-0.25, -0.2) is 0 Å². The number of nitrogens with zero attached hydrogens (tertiary/aromatic N) is 1. The van der Waals surface area contributed by atoms with Crippen molar-refractivity contribution in [1.29, 1.82) is 0 Å². The van der Waals surface area contributed by atoms with Crippen molar-refractivity contribution in [2.75, 3.05) is 32.2 Å². The lowest BCUT2D eigenvalue weighted by molar-refractivity contribution is -0.141. The second-order valence-electron chi connectivity index (χ2n) is 10.3. The molecular weight excluding hydrogens is 426 g/mol. The molecule has 0 aromatic heterocycles. The minimum Gasteiger partial charge on any atom is -0.508 e. The van der Waals surface area contributed by atoms with Crippen LogP contribution in [0.25, 0.3) is 0 Å². The summed E-state index contributed by atoms with van der Waals surface area (Å²) < 4.78 is 17.5. The van der Waals surface area contributed by atoms with Gasteiger partial charge in [-0.2, -0.15) is 0 Å². The van der Waals surface area contributed by atoms with E-state index >= 15 is 0 Å². The molecule has 0 spiro atoms. The van der Waals surface area contributed by atoms with Gasteiger partial charge in [0.1, 0.15) is 5.75 Å². The van der Waals surface area contributed by atoms with Crippen LogP contribution in [0.15, 0.2) is 42.5 Å². The van der Waals surface area contributed by atoms with Gasteiger partial charge in [-0.3, -0.25) is 0 Å². The lowest BCUT2D eigenvalue weighted by Gasteiger charge is -2.40. The fourth-order valence-electron chi connectivity index (χ4n) is 6.52. The third kappa shape index (κ3) is 4.84. The van der Waals surface area contributed by atoms with Crippen LogP contribution in [0.4, 0.5) is 5.69 Å². The Morgan fingerprint density at radius 2 is 1.62 bits per heavy atom. The van der Waals surface area contributed by atoms with E-state index in [4.69, 9.17) is 14.2 Å². The topological polar surface area (TPSA) is 51.2 Å². The standard InChI is InChI=1S/C29H39NO4/c1-32-29(33-2)22-14-16-30(17-15-22)24-10-8-20(9-11-24)27-26-13-12-25(31)18-23(26)19-34-28(27)21-6-4-3-5-7-21/h8-13,18,21-22,27-29,31H,3-7,14-17,19H2,1-2H3/t27-,28-/m1/s1. The van der Waals surface area contributed by atoms with Gasteiger partial charge in [0, 0.05) is 44.8 Å². The lowest BCUT2D eigenvalue weighted by atomic mass is 9.73. The number of rotatable bonds is 6. The van der Waals surface area contributed by atoms with E-state index in [9.17, 15) is 5.11 Å². The maximum atomic E-state index is 10.0. The molecular formula is C29H39NO4. The van der Waals surface area contributed by atoms with Crippen molar-refractivity contribution in [3.63, 3.8) is 0 Å². The van der Waals surface area contributed by atoms with E-state index in [1.165, 1.54) is 48.9 Å². The number of benzene rings is 2. The summed E-state index contributed by atoms with van der Waals surface area (Å²) in [7, 11) is 3.46. The van der Waals surface area contributed by atoms with Crippen LogP contribution < -0.4 is 4.90 Å². The zero-order valence-electron chi connectivity index (χ0n) is 20.6. The summed E-state index contributed by atoms with van der Waals surface area (Å²) in [5.41, 5.74) is 5.04. The van der Waals surface area contributed by atoms with Crippen LogP contribution in [0, 0.1) is 11.8 Å². The third-order valence-corrected chi connectivity index (χ3v) is 8.34. The number of ether oxygens (including phenoxy) is 3. The number of fused-ring (bicyclic) bond motifs is 1. The number of aromatic hydroxyl groups is 1. The number of phenols is 1. The Morgan fingerprint density at radius 1 is 0.912 bits per heavy atom. The number of hydrogen-bond donors (Lipinski definition) is 1. The molecule has 0 radical (unpaired) electrons. The Hall–Kier alpha value is -2.08. The van der Waals surface area contributed by atoms with Crippen molar-refractivity contribution in [2.45, 2.75) is 69.9 Å². The van der Waals surface area contributed by atoms with E-state index in [-0.39, 0.29) is 18.3 Å².